The van der Waals surface area contributed by atoms with Crippen molar-refractivity contribution in [2.75, 3.05) is 0 Å². The number of rotatable bonds is 4. The highest BCUT2D eigenvalue weighted by atomic mass is 14.7. The lowest BCUT2D eigenvalue weighted by Gasteiger charge is -2.15. The van der Waals surface area contributed by atoms with Crippen molar-refractivity contribution in [2.24, 2.45) is 0 Å². The first-order valence-corrected chi connectivity index (χ1v) is 17.8. The van der Waals surface area contributed by atoms with Crippen LogP contribution in [0.5, 0.6) is 0 Å². The molecular formula is C50H30N2. The molecule has 0 saturated heterocycles. The van der Waals surface area contributed by atoms with Gasteiger partial charge in [-0.2, -0.15) is 0 Å². The third-order valence-corrected chi connectivity index (χ3v) is 10.9. The zero-order chi connectivity index (χ0) is 34.2. The van der Waals surface area contributed by atoms with E-state index in [9.17, 15) is 0 Å². The topological polar surface area (TPSA) is 25.8 Å². The fraction of sp³-hybridized carbons (Fsp3) is 0. The first-order valence-electron chi connectivity index (χ1n) is 17.8. The molecule has 8 aromatic carbocycles. The lowest BCUT2D eigenvalue weighted by atomic mass is 9.88. The van der Waals surface area contributed by atoms with Crippen LogP contribution in [-0.2, 0) is 0 Å². The maximum atomic E-state index is 5.09. The zero-order valence-electron chi connectivity index (χ0n) is 28.2. The molecule has 0 fully saturated rings. The second-order valence-corrected chi connectivity index (χ2v) is 13.7. The molecule has 0 bridgehead atoms. The van der Waals surface area contributed by atoms with Crippen LogP contribution in [0.3, 0.4) is 0 Å². The van der Waals surface area contributed by atoms with Crippen LogP contribution in [0.1, 0.15) is 0 Å². The Hall–Kier alpha value is -6.90. The summed E-state index contributed by atoms with van der Waals surface area (Å²) >= 11 is 0. The van der Waals surface area contributed by atoms with Gasteiger partial charge in [0.1, 0.15) is 0 Å². The number of pyridine rings is 2. The molecule has 2 heteroatoms. The summed E-state index contributed by atoms with van der Waals surface area (Å²) in [5, 5.41) is 7.35. The SMILES string of the molecule is c1ccc(-c2ccc(-c3ccccc3)c3cc4c(cc23)-c2cccc3c(-c5ccc(-c6ccc7ccc8cccnc8c7n6)cc5)ccc-4c23)cc1. The van der Waals surface area contributed by atoms with Gasteiger partial charge in [-0.05, 0) is 101 Å². The molecule has 2 heterocycles. The van der Waals surface area contributed by atoms with Gasteiger partial charge in [0, 0.05) is 22.5 Å². The van der Waals surface area contributed by atoms with Gasteiger partial charge in [0.15, 0.2) is 0 Å². The summed E-state index contributed by atoms with van der Waals surface area (Å²) in [5.74, 6) is 0. The minimum Gasteiger partial charge on any atom is -0.254 e. The van der Waals surface area contributed by atoms with Gasteiger partial charge in [0.2, 0.25) is 0 Å². The Labute approximate surface area is 301 Å². The van der Waals surface area contributed by atoms with E-state index in [1.165, 1.54) is 77.2 Å². The van der Waals surface area contributed by atoms with Gasteiger partial charge in [-0.3, -0.25) is 4.98 Å². The smallest absolute Gasteiger partial charge is 0.0972 e. The second-order valence-electron chi connectivity index (χ2n) is 13.7. The Morgan fingerprint density at radius 3 is 1.52 bits per heavy atom. The van der Waals surface area contributed by atoms with Gasteiger partial charge >= 0.3 is 0 Å². The molecule has 0 amide bonds. The molecule has 0 spiro atoms. The molecule has 11 rings (SSSR count). The van der Waals surface area contributed by atoms with E-state index in [0.717, 1.165) is 33.1 Å². The molecule has 2 nitrogen and oxygen atoms in total. The Balaban J connectivity index is 1.05. The van der Waals surface area contributed by atoms with Gasteiger partial charge in [0.05, 0.1) is 16.7 Å². The molecule has 1 aliphatic rings. The van der Waals surface area contributed by atoms with E-state index in [2.05, 4.69) is 175 Å². The number of aromatic nitrogens is 2. The molecule has 2 aromatic heterocycles. The van der Waals surface area contributed by atoms with E-state index in [4.69, 9.17) is 4.98 Å². The van der Waals surface area contributed by atoms with Crippen LogP contribution in [0.4, 0.5) is 0 Å². The highest BCUT2D eigenvalue weighted by molar-refractivity contribution is 6.22. The van der Waals surface area contributed by atoms with E-state index in [0.29, 0.717) is 0 Å². The van der Waals surface area contributed by atoms with Crippen molar-refractivity contribution in [3.05, 3.63) is 182 Å². The highest BCUT2D eigenvalue weighted by Gasteiger charge is 2.25. The minimum absolute atomic E-state index is 0.936. The van der Waals surface area contributed by atoms with Crippen LogP contribution < -0.4 is 0 Å². The Morgan fingerprint density at radius 2 is 0.846 bits per heavy atom. The third kappa shape index (κ3) is 4.38. The number of hydrogen-bond donors (Lipinski definition) is 0. The van der Waals surface area contributed by atoms with E-state index >= 15 is 0 Å². The Bertz CT molecular complexity index is 2940. The van der Waals surface area contributed by atoms with Gasteiger partial charge in [-0.1, -0.05) is 152 Å². The predicted molar refractivity (Wildman–Crippen MR) is 218 cm³/mol. The van der Waals surface area contributed by atoms with Crippen LogP contribution in [0.25, 0.3) is 110 Å². The van der Waals surface area contributed by atoms with Crippen molar-refractivity contribution in [1.82, 2.24) is 9.97 Å². The Kier molecular flexibility index (Phi) is 6.28. The average Bonchev–Trinajstić information content (AvgIpc) is 3.54. The van der Waals surface area contributed by atoms with Crippen molar-refractivity contribution in [1.29, 1.82) is 0 Å². The second kappa shape index (κ2) is 11.3. The molecule has 52 heavy (non-hydrogen) atoms. The normalized spacial score (nSPS) is 11.8. The molecule has 0 radical (unpaired) electrons. The lowest BCUT2D eigenvalue weighted by molar-refractivity contribution is 1.37. The monoisotopic (exact) mass is 658 g/mol. The van der Waals surface area contributed by atoms with E-state index in [1.807, 2.05) is 12.3 Å². The van der Waals surface area contributed by atoms with E-state index in [1.54, 1.807) is 0 Å². The van der Waals surface area contributed by atoms with Crippen LogP contribution in [0, 0.1) is 0 Å². The largest absolute Gasteiger partial charge is 0.254 e. The summed E-state index contributed by atoms with van der Waals surface area (Å²) < 4.78 is 0. The minimum atomic E-state index is 0.936. The molecule has 10 aromatic rings. The van der Waals surface area contributed by atoms with Crippen molar-refractivity contribution in [3.63, 3.8) is 0 Å². The third-order valence-electron chi connectivity index (χ3n) is 10.9. The van der Waals surface area contributed by atoms with Crippen molar-refractivity contribution >= 4 is 43.4 Å². The fourth-order valence-corrected chi connectivity index (χ4v) is 8.39. The summed E-state index contributed by atoms with van der Waals surface area (Å²) in [5.41, 5.74) is 16.5. The van der Waals surface area contributed by atoms with Crippen molar-refractivity contribution in [2.45, 2.75) is 0 Å². The summed E-state index contributed by atoms with van der Waals surface area (Å²) in [6.07, 6.45) is 1.84. The maximum Gasteiger partial charge on any atom is 0.0972 e. The fourth-order valence-electron chi connectivity index (χ4n) is 8.39. The highest BCUT2D eigenvalue weighted by Crippen LogP contribution is 2.52. The van der Waals surface area contributed by atoms with Crippen LogP contribution in [0.2, 0.25) is 0 Å². The molecule has 0 atom stereocenters. The first-order chi connectivity index (χ1) is 25.8. The van der Waals surface area contributed by atoms with Crippen LogP contribution in [0.15, 0.2) is 182 Å². The van der Waals surface area contributed by atoms with Crippen LogP contribution in [-0.4, -0.2) is 9.97 Å². The summed E-state index contributed by atoms with van der Waals surface area (Å²) in [6, 6.07) is 63.9. The quantitative estimate of drug-likeness (QED) is 0.176. The van der Waals surface area contributed by atoms with Crippen molar-refractivity contribution < 1.29 is 0 Å². The number of nitrogens with zero attached hydrogens (tertiary/aromatic N) is 2. The standard InChI is InChI=1S/C50H30N2/c1-3-9-31(10-4-1)38-23-24-39(32-11-5-2-6-12-32)44-30-46-42-26-25-37(40-14-7-15-41(48(40)42)45(46)29-43(38)44)33-16-18-34(19-17-33)47-27-22-36-21-20-35-13-8-28-51-49(35)50(36)52-47/h1-30H. The molecule has 0 saturated carbocycles. The van der Waals surface area contributed by atoms with Gasteiger partial charge < -0.3 is 0 Å². The van der Waals surface area contributed by atoms with Gasteiger partial charge in [-0.15, -0.1) is 0 Å². The van der Waals surface area contributed by atoms with E-state index in [-0.39, 0.29) is 0 Å². The van der Waals surface area contributed by atoms with Crippen LogP contribution >= 0.6 is 0 Å². The lowest BCUT2D eigenvalue weighted by Crippen LogP contribution is -1.89. The molecule has 0 aliphatic heterocycles. The predicted octanol–water partition coefficient (Wildman–Crippen LogP) is 13.4. The molecule has 1 aliphatic carbocycles. The average molecular weight is 659 g/mol. The molecular weight excluding hydrogens is 629 g/mol. The summed E-state index contributed by atoms with van der Waals surface area (Å²) in [6.45, 7) is 0. The molecule has 0 unspecified atom stereocenters. The maximum absolute atomic E-state index is 5.09. The number of hydrogen-bond acceptors (Lipinski definition) is 2. The number of benzene rings is 8. The first kappa shape index (κ1) is 28.9. The van der Waals surface area contributed by atoms with E-state index < -0.39 is 0 Å². The van der Waals surface area contributed by atoms with Gasteiger partial charge in [-0.25, -0.2) is 4.98 Å². The Morgan fingerprint density at radius 1 is 0.308 bits per heavy atom. The zero-order valence-corrected chi connectivity index (χ0v) is 28.2. The van der Waals surface area contributed by atoms with Crippen molar-refractivity contribution in [3.8, 4) is 66.9 Å². The molecule has 0 N–H and O–H groups in total. The van der Waals surface area contributed by atoms with Gasteiger partial charge in [0.25, 0.3) is 0 Å². The summed E-state index contributed by atoms with van der Waals surface area (Å²) in [7, 11) is 0. The molecule has 240 valence electrons. The summed E-state index contributed by atoms with van der Waals surface area (Å²) in [4.78, 5) is 9.74. The number of fused-ring (bicyclic) bond motifs is 7.